The second kappa shape index (κ2) is 8.16. The van der Waals surface area contributed by atoms with Gasteiger partial charge in [-0.3, -0.25) is 4.79 Å². The van der Waals surface area contributed by atoms with Crippen molar-refractivity contribution in [3.05, 3.63) is 48.3 Å². The van der Waals surface area contributed by atoms with Crippen LogP contribution in [0.1, 0.15) is 30.3 Å². The number of pyridine rings is 1. The zero-order chi connectivity index (χ0) is 19.4. The van der Waals surface area contributed by atoms with Crippen molar-refractivity contribution in [2.75, 3.05) is 38.2 Å². The third-order valence-corrected chi connectivity index (χ3v) is 5.06. The van der Waals surface area contributed by atoms with E-state index < -0.39 is 5.79 Å². The number of benzene rings is 1. The summed E-state index contributed by atoms with van der Waals surface area (Å²) in [5, 5.41) is 3.28. The molecule has 1 N–H and O–H groups in total. The molecule has 2 aliphatic rings. The van der Waals surface area contributed by atoms with Gasteiger partial charge in [0.15, 0.2) is 5.79 Å². The Morgan fingerprint density at radius 1 is 1.11 bits per heavy atom. The van der Waals surface area contributed by atoms with Crippen LogP contribution in [0, 0.1) is 0 Å². The van der Waals surface area contributed by atoms with E-state index in [0.717, 1.165) is 17.1 Å². The van der Waals surface area contributed by atoms with E-state index in [2.05, 4.69) is 10.3 Å². The SMILES string of the molecule is CCOc1ccc(Nc2ccc(C(=O)N3CCC4(CC3)OCCO4)nc2)cc1. The van der Waals surface area contributed by atoms with Gasteiger partial charge in [-0.25, -0.2) is 4.98 Å². The van der Waals surface area contributed by atoms with E-state index in [1.807, 2.05) is 42.2 Å². The van der Waals surface area contributed by atoms with Crippen molar-refractivity contribution in [3.63, 3.8) is 0 Å². The molecule has 1 aromatic heterocycles. The number of likely N-dealkylation sites (tertiary alicyclic amines) is 1. The number of ether oxygens (including phenoxy) is 3. The summed E-state index contributed by atoms with van der Waals surface area (Å²) >= 11 is 0. The average Bonchev–Trinajstić information content (AvgIpc) is 3.18. The number of nitrogens with zero attached hydrogens (tertiary/aromatic N) is 2. The Morgan fingerprint density at radius 3 is 2.39 bits per heavy atom. The van der Waals surface area contributed by atoms with Crippen LogP contribution in [-0.4, -0.2) is 54.5 Å². The van der Waals surface area contributed by atoms with Crippen molar-refractivity contribution in [2.24, 2.45) is 0 Å². The summed E-state index contributed by atoms with van der Waals surface area (Å²) in [6.45, 7) is 5.11. The Bertz CT molecular complexity index is 791. The number of hydrogen-bond acceptors (Lipinski definition) is 6. The van der Waals surface area contributed by atoms with Crippen molar-refractivity contribution in [1.29, 1.82) is 0 Å². The average molecular weight is 383 g/mol. The first-order valence-corrected chi connectivity index (χ1v) is 9.71. The number of aromatic nitrogens is 1. The summed E-state index contributed by atoms with van der Waals surface area (Å²) < 4.78 is 16.9. The van der Waals surface area contributed by atoms with E-state index in [9.17, 15) is 4.79 Å². The highest BCUT2D eigenvalue weighted by atomic mass is 16.7. The lowest BCUT2D eigenvalue weighted by Crippen LogP contribution is -2.47. The van der Waals surface area contributed by atoms with Crippen LogP contribution >= 0.6 is 0 Å². The van der Waals surface area contributed by atoms with Gasteiger partial charge in [-0.05, 0) is 43.3 Å². The molecule has 7 nitrogen and oxygen atoms in total. The van der Waals surface area contributed by atoms with E-state index in [-0.39, 0.29) is 5.91 Å². The summed E-state index contributed by atoms with van der Waals surface area (Å²) in [5.74, 6) is 0.305. The summed E-state index contributed by atoms with van der Waals surface area (Å²) in [7, 11) is 0. The highest BCUT2D eigenvalue weighted by molar-refractivity contribution is 5.92. The molecule has 1 spiro atoms. The lowest BCUT2D eigenvalue weighted by atomic mass is 10.0. The standard InChI is InChI=1S/C21H25N3O4/c1-2-26-18-6-3-16(4-7-18)23-17-5-8-19(22-15-17)20(25)24-11-9-21(10-12-24)27-13-14-28-21/h3-8,15,23H,2,9-14H2,1H3. The maximum Gasteiger partial charge on any atom is 0.272 e. The second-order valence-corrected chi connectivity index (χ2v) is 6.91. The monoisotopic (exact) mass is 383 g/mol. The van der Waals surface area contributed by atoms with Crippen LogP contribution < -0.4 is 10.1 Å². The van der Waals surface area contributed by atoms with Gasteiger partial charge >= 0.3 is 0 Å². The Hall–Kier alpha value is -2.64. The summed E-state index contributed by atoms with van der Waals surface area (Å²) in [5.41, 5.74) is 2.20. The van der Waals surface area contributed by atoms with Crippen LogP contribution in [-0.2, 0) is 9.47 Å². The molecule has 0 unspecified atom stereocenters. The molecular formula is C21H25N3O4. The number of amides is 1. The fourth-order valence-electron chi connectivity index (χ4n) is 3.56. The molecule has 0 radical (unpaired) electrons. The van der Waals surface area contributed by atoms with E-state index in [4.69, 9.17) is 14.2 Å². The molecule has 2 aromatic rings. The van der Waals surface area contributed by atoms with E-state index >= 15 is 0 Å². The highest BCUT2D eigenvalue weighted by Gasteiger charge is 2.40. The molecule has 1 aromatic carbocycles. The van der Waals surface area contributed by atoms with Gasteiger partial charge in [-0.2, -0.15) is 0 Å². The summed E-state index contributed by atoms with van der Waals surface area (Å²) in [6, 6.07) is 11.3. The Morgan fingerprint density at radius 2 is 1.79 bits per heavy atom. The molecule has 2 fully saturated rings. The molecule has 7 heteroatoms. The number of nitrogens with one attached hydrogen (secondary N) is 1. The number of rotatable bonds is 5. The van der Waals surface area contributed by atoms with E-state index in [1.165, 1.54) is 0 Å². The predicted molar refractivity (Wildman–Crippen MR) is 105 cm³/mol. The van der Waals surface area contributed by atoms with Crippen molar-refractivity contribution in [3.8, 4) is 5.75 Å². The quantitative estimate of drug-likeness (QED) is 0.855. The zero-order valence-corrected chi connectivity index (χ0v) is 16.0. The Kier molecular flexibility index (Phi) is 5.45. The first kappa shape index (κ1) is 18.7. The van der Waals surface area contributed by atoms with Gasteiger partial charge in [0, 0.05) is 31.6 Å². The second-order valence-electron chi connectivity index (χ2n) is 6.91. The van der Waals surface area contributed by atoms with Gasteiger partial charge in [0.05, 0.1) is 31.7 Å². The van der Waals surface area contributed by atoms with Gasteiger partial charge < -0.3 is 24.4 Å². The van der Waals surface area contributed by atoms with Crippen molar-refractivity contribution >= 4 is 17.3 Å². The van der Waals surface area contributed by atoms with Crippen molar-refractivity contribution < 1.29 is 19.0 Å². The third-order valence-electron chi connectivity index (χ3n) is 5.06. The lowest BCUT2D eigenvalue weighted by Gasteiger charge is -2.37. The van der Waals surface area contributed by atoms with Gasteiger partial charge in [0.25, 0.3) is 5.91 Å². The lowest BCUT2D eigenvalue weighted by molar-refractivity contribution is -0.181. The maximum absolute atomic E-state index is 12.7. The highest BCUT2D eigenvalue weighted by Crippen LogP contribution is 2.31. The van der Waals surface area contributed by atoms with Gasteiger partial charge in [-0.1, -0.05) is 0 Å². The van der Waals surface area contributed by atoms with Gasteiger partial charge in [0.1, 0.15) is 11.4 Å². The van der Waals surface area contributed by atoms with Crippen molar-refractivity contribution in [1.82, 2.24) is 9.88 Å². The largest absolute Gasteiger partial charge is 0.494 e. The first-order valence-electron chi connectivity index (χ1n) is 9.71. The minimum Gasteiger partial charge on any atom is -0.494 e. The Labute approximate surface area is 164 Å². The molecular weight excluding hydrogens is 358 g/mol. The Balaban J connectivity index is 1.34. The number of anilines is 2. The van der Waals surface area contributed by atoms with Crippen LogP contribution in [0.25, 0.3) is 0 Å². The van der Waals surface area contributed by atoms with E-state index in [0.29, 0.717) is 51.4 Å². The fraction of sp³-hybridized carbons (Fsp3) is 0.429. The van der Waals surface area contributed by atoms with Crippen molar-refractivity contribution in [2.45, 2.75) is 25.6 Å². The first-order chi connectivity index (χ1) is 13.7. The molecule has 28 heavy (non-hydrogen) atoms. The predicted octanol–water partition coefficient (Wildman–Crippen LogP) is 3.20. The molecule has 0 saturated carbocycles. The molecule has 2 saturated heterocycles. The topological polar surface area (TPSA) is 72.9 Å². The number of carbonyl (C=O) groups excluding carboxylic acids is 1. The number of hydrogen-bond donors (Lipinski definition) is 1. The summed E-state index contributed by atoms with van der Waals surface area (Å²) in [6.07, 6.45) is 3.09. The number of piperidine rings is 1. The van der Waals surface area contributed by atoms with Crippen LogP contribution in [0.2, 0.25) is 0 Å². The molecule has 4 rings (SSSR count). The van der Waals surface area contributed by atoms with Crippen LogP contribution in [0.4, 0.5) is 11.4 Å². The molecule has 2 aliphatic heterocycles. The summed E-state index contributed by atoms with van der Waals surface area (Å²) in [4.78, 5) is 18.9. The van der Waals surface area contributed by atoms with Gasteiger partial charge in [0.2, 0.25) is 0 Å². The molecule has 148 valence electrons. The molecule has 0 aliphatic carbocycles. The minimum absolute atomic E-state index is 0.0551. The maximum atomic E-state index is 12.7. The molecule has 3 heterocycles. The smallest absolute Gasteiger partial charge is 0.272 e. The van der Waals surface area contributed by atoms with E-state index in [1.54, 1.807) is 12.3 Å². The zero-order valence-electron chi connectivity index (χ0n) is 16.0. The molecule has 0 bridgehead atoms. The fourth-order valence-corrected chi connectivity index (χ4v) is 3.56. The van der Waals surface area contributed by atoms with Crippen LogP contribution in [0.5, 0.6) is 5.75 Å². The van der Waals surface area contributed by atoms with Crippen LogP contribution in [0.15, 0.2) is 42.6 Å². The third kappa shape index (κ3) is 4.10. The van der Waals surface area contributed by atoms with Gasteiger partial charge in [-0.15, -0.1) is 0 Å². The van der Waals surface area contributed by atoms with Crippen LogP contribution in [0.3, 0.4) is 0 Å². The molecule has 0 atom stereocenters. The molecule has 1 amide bonds. The normalized spacial score (nSPS) is 18.2. The number of carbonyl (C=O) groups is 1. The minimum atomic E-state index is -0.476.